The first kappa shape index (κ1) is 13.2. The molecule has 0 aliphatic rings. The van der Waals surface area contributed by atoms with E-state index in [0.717, 1.165) is 11.7 Å². The van der Waals surface area contributed by atoms with Crippen LogP contribution in [0.1, 0.15) is 6.92 Å². The van der Waals surface area contributed by atoms with E-state index in [9.17, 15) is 17.3 Å². The highest BCUT2D eigenvalue weighted by Gasteiger charge is 2.20. The molecule has 14 heavy (non-hydrogen) atoms. The van der Waals surface area contributed by atoms with Crippen LogP contribution >= 0.6 is 11.6 Å². The van der Waals surface area contributed by atoms with Crippen LogP contribution < -0.4 is 4.57 Å². The Kier molecular flexibility index (Phi) is 5.53. The lowest BCUT2D eigenvalue weighted by Gasteiger charge is -1.94. The Bertz CT molecular complexity index is 273. The van der Waals surface area contributed by atoms with Gasteiger partial charge < -0.3 is 17.3 Å². The highest BCUT2D eigenvalue weighted by molar-refractivity contribution is 6.50. The minimum Gasteiger partial charge on any atom is -0.418 e. The van der Waals surface area contributed by atoms with Gasteiger partial charge >= 0.3 is 7.25 Å². The molecular weight excluding hydrogens is 220 g/mol. The molecule has 0 N–H and O–H groups in total. The fraction of sp³-hybridized carbons (Fsp3) is 0.286. The van der Waals surface area contributed by atoms with Crippen molar-refractivity contribution in [3.05, 3.63) is 29.5 Å². The van der Waals surface area contributed by atoms with E-state index in [0.29, 0.717) is 0 Å². The third-order valence-corrected chi connectivity index (χ3v) is 1.57. The monoisotopic (exact) mass is 229 g/mol. The first-order chi connectivity index (χ1) is 6.34. The zero-order valence-corrected chi connectivity index (χ0v) is 8.19. The van der Waals surface area contributed by atoms with E-state index in [1.54, 1.807) is 0 Å². The Labute approximate surface area is 84.4 Å². The van der Waals surface area contributed by atoms with E-state index in [1.807, 2.05) is 29.0 Å². The van der Waals surface area contributed by atoms with E-state index >= 15 is 0 Å². The van der Waals surface area contributed by atoms with Gasteiger partial charge in [-0.2, -0.15) is 4.57 Å². The summed E-state index contributed by atoms with van der Waals surface area (Å²) in [4.78, 5) is 0. The maximum Gasteiger partial charge on any atom is 0.673 e. The number of pyridine rings is 1. The Morgan fingerprint density at radius 1 is 1.29 bits per heavy atom. The van der Waals surface area contributed by atoms with Crippen molar-refractivity contribution in [3.63, 3.8) is 0 Å². The van der Waals surface area contributed by atoms with Crippen molar-refractivity contribution < 1.29 is 21.8 Å². The number of aromatic nitrogens is 1. The topological polar surface area (TPSA) is 3.88 Å². The van der Waals surface area contributed by atoms with E-state index in [2.05, 4.69) is 6.92 Å². The Morgan fingerprint density at radius 2 is 1.79 bits per heavy atom. The zero-order valence-electron chi connectivity index (χ0n) is 7.43. The van der Waals surface area contributed by atoms with Crippen LogP contribution in [0.4, 0.5) is 17.3 Å². The number of hydrogen-bond acceptors (Lipinski definition) is 0. The number of halogens is 5. The van der Waals surface area contributed by atoms with Crippen LogP contribution in [0.15, 0.2) is 24.4 Å². The van der Waals surface area contributed by atoms with Gasteiger partial charge in [0, 0.05) is 12.1 Å². The highest BCUT2D eigenvalue weighted by atomic mass is 35.5. The Balaban J connectivity index is 0.000000292. The average Bonchev–Trinajstić information content (AvgIpc) is 2.02. The van der Waals surface area contributed by atoms with Gasteiger partial charge in [0.15, 0.2) is 6.20 Å². The first-order valence-electron chi connectivity index (χ1n) is 3.86. The first-order valence-corrected chi connectivity index (χ1v) is 4.23. The molecule has 0 bridgehead atoms. The molecule has 1 nitrogen and oxygen atoms in total. The third-order valence-electron chi connectivity index (χ3n) is 1.23. The van der Waals surface area contributed by atoms with Crippen LogP contribution in [-0.4, -0.2) is 7.25 Å². The SMILES string of the molecule is CC[n+]1ccccc1Cl.F[B-](F)(F)F. The third kappa shape index (κ3) is 7.85. The predicted molar refractivity (Wildman–Crippen MR) is 47.5 cm³/mol. The summed E-state index contributed by atoms with van der Waals surface area (Å²) in [5.74, 6) is 0. The molecule has 0 aliphatic carbocycles. The van der Waals surface area contributed by atoms with Crippen molar-refractivity contribution >= 4 is 18.9 Å². The highest BCUT2D eigenvalue weighted by Crippen LogP contribution is 2.06. The lowest BCUT2D eigenvalue weighted by atomic mass is 10.3. The van der Waals surface area contributed by atoms with E-state index < -0.39 is 7.25 Å². The maximum absolute atomic E-state index is 9.75. The zero-order chi connectivity index (χ0) is 11.2. The lowest BCUT2D eigenvalue weighted by Crippen LogP contribution is -2.32. The average molecular weight is 229 g/mol. The van der Waals surface area contributed by atoms with Gasteiger partial charge in [-0.3, -0.25) is 0 Å². The summed E-state index contributed by atoms with van der Waals surface area (Å²) in [6.07, 6.45) is 1.96. The number of nitrogens with zero attached hydrogens (tertiary/aromatic N) is 1. The second-order valence-electron chi connectivity index (χ2n) is 2.30. The van der Waals surface area contributed by atoms with Crippen molar-refractivity contribution in [1.29, 1.82) is 0 Å². The van der Waals surface area contributed by atoms with Crippen LogP contribution in [0.3, 0.4) is 0 Å². The second kappa shape index (κ2) is 5.85. The van der Waals surface area contributed by atoms with Crippen molar-refractivity contribution in [1.82, 2.24) is 0 Å². The van der Waals surface area contributed by atoms with Crippen LogP contribution in [0.25, 0.3) is 0 Å². The van der Waals surface area contributed by atoms with Crippen LogP contribution in [0, 0.1) is 0 Å². The normalized spacial score (nSPS) is 10.4. The molecule has 0 aliphatic heterocycles. The summed E-state index contributed by atoms with van der Waals surface area (Å²) in [6.45, 7) is 2.99. The standard InChI is InChI=1S/C7H9ClN.BF4/c1-2-9-6-4-3-5-7(9)8;2-1(3,4)5/h3-6H,2H2,1H3;/q+1;-1. The fourth-order valence-electron chi connectivity index (χ4n) is 0.712. The van der Waals surface area contributed by atoms with Crippen LogP contribution in [0.5, 0.6) is 0 Å². The largest absolute Gasteiger partial charge is 0.673 e. The lowest BCUT2D eigenvalue weighted by molar-refractivity contribution is -0.691. The summed E-state index contributed by atoms with van der Waals surface area (Å²) in [5.41, 5.74) is 0. The molecule has 0 amide bonds. The molecule has 7 heteroatoms. The molecule has 0 saturated carbocycles. The Morgan fingerprint density at radius 3 is 2.07 bits per heavy atom. The summed E-state index contributed by atoms with van der Waals surface area (Å²) < 4.78 is 41.0. The van der Waals surface area contributed by atoms with Gasteiger partial charge in [0.25, 0.3) is 5.15 Å². The molecule has 1 heterocycles. The molecule has 0 saturated heterocycles. The van der Waals surface area contributed by atoms with Crippen molar-refractivity contribution in [3.8, 4) is 0 Å². The molecule has 0 spiro atoms. The molecule has 0 radical (unpaired) electrons. The van der Waals surface area contributed by atoms with Gasteiger partial charge in [0.1, 0.15) is 6.54 Å². The molecule has 80 valence electrons. The van der Waals surface area contributed by atoms with Gasteiger partial charge in [0.05, 0.1) is 0 Å². The van der Waals surface area contributed by atoms with Gasteiger partial charge in [-0.25, -0.2) is 0 Å². The van der Waals surface area contributed by atoms with Gasteiger partial charge in [0.2, 0.25) is 0 Å². The molecule has 0 fully saturated rings. The summed E-state index contributed by atoms with van der Waals surface area (Å²) in [6, 6.07) is 5.77. The van der Waals surface area contributed by atoms with Crippen molar-refractivity contribution in [2.24, 2.45) is 0 Å². The quantitative estimate of drug-likeness (QED) is 0.302. The minimum absolute atomic E-state index is 0.792. The molecule has 1 aromatic heterocycles. The molecule has 0 aromatic carbocycles. The molecule has 1 aromatic rings. The predicted octanol–water partition coefficient (Wildman–Crippen LogP) is 2.95. The van der Waals surface area contributed by atoms with Gasteiger partial charge in [-0.05, 0) is 24.6 Å². The van der Waals surface area contributed by atoms with Crippen LogP contribution in [-0.2, 0) is 6.54 Å². The molecule has 1 rings (SSSR count). The summed E-state index contributed by atoms with van der Waals surface area (Å²) >= 11 is 5.79. The van der Waals surface area contributed by atoms with Crippen molar-refractivity contribution in [2.75, 3.05) is 0 Å². The molecule has 0 unspecified atom stereocenters. The second-order valence-corrected chi connectivity index (χ2v) is 2.69. The van der Waals surface area contributed by atoms with E-state index in [-0.39, 0.29) is 0 Å². The number of aryl methyl sites for hydroxylation is 1. The molecule has 0 atom stereocenters. The van der Waals surface area contributed by atoms with E-state index in [1.165, 1.54) is 0 Å². The van der Waals surface area contributed by atoms with Gasteiger partial charge in [-0.15, -0.1) is 0 Å². The van der Waals surface area contributed by atoms with Crippen LogP contribution in [0.2, 0.25) is 5.15 Å². The smallest absolute Gasteiger partial charge is 0.418 e. The minimum atomic E-state index is -6.00. The number of hydrogen-bond donors (Lipinski definition) is 0. The van der Waals surface area contributed by atoms with Crippen molar-refractivity contribution in [2.45, 2.75) is 13.5 Å². The van der Waals surface area contributed by atoms with E-state index in [4.69, 9.17) is 11.6 Å². The number of rotatable bonds is 1. The Hall–Kier alpha value is -0.775. The maximum atomic E-state index is 9.75. The fourth-order valence-corrected chi connectivity index (χ4v) is 0.961. The summed E-state index contributed by atoms with van der Waals surface area (Å²) in [5, 5.41) is 0.792. The molecular formula is C7H9BClF4N. The summed E-state index contributed by atoms with van der Waals surface area (Å²) in [7, 11) is -6.00. The van der Waals surface area contributed by atoms with Gasteiger partial charge in [-0.1, -0.05) is 0 Å².